The fraction of sp³-hybridized carbons (Fsp3) is 0.417. The van der Waals surface area contributed by atoms with Gasteiger partial charge in [0.1, 0.15) is 5.75 Å². The van der Waals surface area contributed by atoms with E-state index in [0.29, 0.717) is 17.2 Å². The van der Waals surface area contributed by atoms with Gasteiger partial charge in [-0.25, -0.2) is 4.79 Å². The maximum atomic E-state index is 12.5. The zero-order valence-electron chi connectivity index (χ0n) is 18.3. The number of ether oxygens (including phenoxy) is 2. The Morgan fingerprint density at radius 3 is 2.23 bits per heavy atom. The van der Waals surface area contributed by atoms with Gasteiger partial charge in [0.25, 0.3) is 5.91 Å². The average Bonchev–Trinajstić information content (AvgIpc) is 2.71. The minimum Gasteiger partial charge on any atom is -0.496 e. The smallest absolute Gasteiger partial charge is 0.333 e. The molecule has 2 aromatic carbocycles. The number of carbonyl (C=O) groups is 2. The fourth-order valence-electron chi connectivity index (χ4n) is 3.13. The van der Waals surface area contributed by atoms with Crippen LogP contribution in [0.3, 0.4) is 0 Å². The number of amides is 1. The number of aliphatic carboxylic acids is 1. The summed E-state index contributed by atoms with van der Waals surface area (Å²) >= 11 is 0. The predicted octanol–water partition coefficient (Wildman–Crippen LogP) is 4.17. The third-order valence-corrected chi connectivity index (χ3v) is 4.76. The summed E-state index contributed by atoms with van der Waals surface area (Å²) in [4.78, 5) is 24.0. The summed E-state index contributed by atoms with van der Waals surface area (Å²) in [5.41, 5.74) is 3.34. The second-order valence-electron chi connectivity index (χ2n) is 7.82. The monoisotopic (exact) mass is 413 g/mol. The molecule has 2 aromatic rings. The molecule has 1 unspecified atom stereocenters. The Labute approximate surface area is 178 Å². The third-order valence-electron chi connectivity index (χ3n) is 4.76. The Bertz CT molecular complexity index is 858. The molecule has 162 valence electrons. The summed E-state index contributed by atoms with van der Waals surface area (Å²) in [7, 11) is 1.56. The number of rotatable bonds is 10. The van der Waals surface area contributed by atoms with Crippen LogP contribution in [0.2, 0.25) is 0 Å². The molecule has 0 saturated carbocycles. The molecular formula is C24H31NO5. The van der Waals surface area contributed by atoms with Crippen LogP contribution in [0.5, 0.6) is 5.75 Å². The summed E-state index contributed by atoms with van der Waals surface area (Å²) in [6.07, 6.45) is -0.889. The quantitative estimate of drug-likeness (QED) is 0.611. The Hall–Kier alpha value is -2.86. The van der Waals surface area contributed by atoms with Crippen LogP contribution in [0.1, 0.15) is 60.7 Å². The highest BCUT2D eigenvalue weighted by Crippen LogP contribution is 2.22. The Morgan fingerprint density at radius 2 is 1.70 bits per heavy atom. The van der Waals surface area contributed by atoms with Gasteiger partial charge >= 0.3 is 5.97 Å². The highest BCUT2D eigenvalue weighted by molar-refractivity contribution is 5.94. The van der Waals surface area contributed by atoms with Crippen molar-refractivity contribution in [1.82, 2.24) is 5.32 Å². The highest BCUT2D eigenvalue weighted by atomic mass is 16.5. The maximum absolute atomic E-state index is 12.5. The number of benzene rings is 2. The van der Waals surface area contributed by atoms with E-state index in [0.717, 1.165) is 11.1 Å². The molecule has 30 heavy (non-hydrogen) atoms. The zero-order valence-corrected chi connectivity index (χ0v) is 18.3. The Balaban J connectivity index is 2.11. The highest BCUT2D eigenvalue weighted by Gasteiger charge is 2.21. The van der Waals surface area contributed by atoms with E-state index >= 15 is 0 Å². The number of methoxy groups -OCH3 is 1. The Kier molecular flexibility index (Phi) is 8.42. The molecular weight excluding hydrogens is 382 g/mol. The van der Waals surface area contributed by atoms with Gasteiger partial charge in [0, 0.05) is 24.1 Å². The molecule has 0 aliphatic heterocycles. The molecule has 2 rings (SSSR count). The van der Waals surface area contributed by atoms with E-state index in [2.05, 4.69) is 19.2 Å². The first-order valence-corrected chi connectivity index (χ1v) is 10.1. The Morgan fingerprint density at radius 1 is 1.03 bits per heavy atom. The fourth-order valence-corrected chi connectivity index (χ4v) is 3.13. The number of hydrogen-bond acceptors (Lipinski definition) is 4. The normalized spacial score (nSPS) is 12.1. The van der Waals surface area contributed by atoms with E-state index in [1.54, 1.807) is 27.0 Å². The molecule has 0 aliphatic rings. The lowest BCUT2D eigenvalue weighted by Gasteiger charge is -2.18. The SMILES string of the molecule is COc1ccc(CC(OC(C)C)C(=O)O)cc1CNC(=O)c1ccc(C(C)C)cc1. The number of carbonyl (C=O) groups excluding carboxylic acids is 1. The van der Waals surface area contributed by atoms with Crippen molar-refractivity contribution in [2.75, 3.05) is 7.11 Å². The van der Waals surface area contributed by atoms with Crippen LogP contribution in [-0.2, 0) is 22.5 Å². The zero-order chi connectivity index (χ0) is 22.3. The number of carboxylic acid groups (broad SMARTS) is 1. The van der Waals surface area contributed by atoms with Crippen molar-refractivity contribution in [3.05, 3.63) is 64.7 Å². The van der Waals surface area contributed by atoms with Crippen molar-refractivity contribution < 1.29 is 24.2 Å². The van der Waals surface area contributed by atoms with Crippen LogP contribution < -0.4 is 10.1 Å². The minimum absolute atomic E-state index is 0.177. The van der Waals surface area contributed by atoms with Crippen LogP contribution in [0.4, 0.5) is 0 Å². The number of hydrogen-bond donors (Lipinski definition) is 2. The van der Waals surface area contributed by atoms with Gasteiger partial charge in [-0.2, -0.15) is 0 Å². The van der Waals surface area contributed by atoms with Gasteiger partial charge in [0.15, 0.2) is 6.10 Å². The first kappa shape index (κ1) is 23.4. The predicted molar refractivity (Wildman–Crippen MR) is 116 cm³/mol. The largest absolute Gasteiger partial charge is 0.496 e. The van der Waals surface area contributed by atoms with Crippen LogP contribution in [-0.4, -0.2) is 36.3 Å². The van der Waals surface area contributed by atoms with Crippen molar-refractivity contribution in [3.8, 4) is 5.75 Å². The summed E-state index contributed by atoms with van der Waals surface area (Å²) in [6.45, 7) is 8.09. The van der Waals surface area contributed by atoms with Gasteiger partial charge in [0.2, 0.25) is 0 Å². The van der Waals surface area contributed by atoms with E-state index in [1.165, 1.54) is 5.56 Å². The molecule has 6 nitrogen and oxygen atoms in total. The van der Waals surface area contributed by atoms with Crippen LogP contribution >= 0.6 is 0 Å². The lowest BCUT2D eigenvalue weighted by Crippen LogP contribution is -2.29. The van der Waals surface area contributed by atoms with Crippen molar-refractivity contribution in [2.24, 2.45) is 0 Å². The van der Waals surface area contributed by atoms with Crippen LogP contribution in [0, 0.1) is 0 Å². The van der Waals surface area contributed by atoms with Crippen molar-refractivity contribution in [1.29, 1.82) is 0 Å². The molecule has 0 bridgehead atoms. The molecule has 0 aromatic heterocycles. The summed E-state index contributed by atoms with van der Waals surface area (Å²) in [5.74, 6) is -0.141. The van der Waals surface area contributed by atoms with Gasteiger partial charge < -0.3 is 19.9 Å². The molecule has 0 spiro atoms. The first-order valence-electron chi connectivity index (χ1n) is 10.1. The van der Waals surface area contributed by atoms with Gasteiger partial charge in [-0.05, 0) is 49.1 Å². The minimum atomic E-state index is -1.00. The van der Waals surface area contributed by atoms with Gasteiger partial charge in [0.05, 0.1) is 13.2 Å². The first-order chi connectivity index (χ1) is 14.2. The van der Waals surface area contributed by atoms with Crippen molar-refractivity contribution in [2.45, 2.75) is 58.8 Å². The molecule has 6 heteroatoms. The second-order valence-corrected chi connectivity index (χ2v) is 7.82. The van der Waals surface area contributed by atoms with Crippen molar-refractivity contribution in [3.63, 3.8) is 0 Å². The topological polar surface area (TPSA) is 84.9 Å². The molecule has 0 heterocycles. The molecule has 0 saturated heterocycles. The van der Waals surface area contributed by atoms with Crippen molar-refractivity contribution >= 4 is 11.9 Å². The second kappa shape index (κ2) is 10.8. The van der Waals surface area contributed by atoms with Gasteiger partial charge in [-0.1, -0.05) is 38.1 Å². The third kappa shape index (κ3) is 6.59. The molecule has 1 amide bonds. The molecule has 0 fully saturated rings. The molecule has 1 atom stereocenters. The van der Waals surface area contributed by atoms with E-state index in [-0.39, 0.29) is 25.0 Å². The maximum Gasteiger partial charge on any atom is 0.333 e. The number of nitrogens with one attached hydrogen (secondary N) is 1. The number of carboxylic acids is 1. The van der Waals surface area contributed by atoms with E-state index in [9.17, 15) is 14.7 Å². The van der Waals surface area contributed by atoms with Crippen LogP contribution in [0.25, 0.3) is 0 Å². The summed E-state index contributed by atoms with van der Waals surface area (Å²) in [6, 6.07) is 13.0. The van der Waals surface area contributed by atoms with E-state index in [1.807, 2.05) is 36.4 Å². The molecule has 0 radical (unpaired) electrons. The summed E-state index contributed by atoms with van der Waals surface area (Å²) in [5, 5.41) is 12.3. The average molecular weight is 414 g/mol. The molecule has 0 aliphatic carbocycles. The van der Waals surface area contributed by atoms with E-state index < -0.39 is 12.1 Å². The lowest BCUT2D eigenvalue weighted by atomic mass is 10.0. The van der Waals surface area contributed by atoms with E-state index in [4.69, 9.17) is 9.47 Å². The lowest BCUT2D eigenvalue weighted by molar-refractivity contribution is -0.153. The summed E-state index contributed by atoms with van der Waals surface area (Å²) < 4.78 is 10.9. The van der Waals surface area contributed by atoms with Gasteiger partial charge in [-0.15, -0.1) is 0 Å². The van der Waals surface area contributed by atoms with Gasteiger partial charge in [-0.3, -0.25) is 4.79 Å². The standard InChI is InChI=1S/C24H31NO5/c1-15(2)18-7-9-19(10-8-18)23(26)25-14-20-12-17(6-11-21(20)29-5)13-22(24(27)28)30-16(3)4/h6-12,15-16,22H,13-14H2,1-5H3,(H,25,26)(H,27,28). The van der Waals surface area contributed by atoms with Crippen LogP contribution in [0.15, 0.2) is 42.5 Å². The molecule has 2 N–H and O–H groups in total.